The average Bonchev–Trinajstić information content (AvgIpc) is 2.81. The normalized spacial score (nSPS) is 15.1. The second-order valence-electron chi connectivity index (χ2n) is 6.47. The molecule has 0 aromatic heterocycles. The summed E-state index contributed by atoms with van der Waals surface area (Å²) in [5, 5.41) is 17.1. The molecule has 0 bridgehead atoms. The van der Waals surface area contributed by atoms with E-state index < -0.39 is 5.66 Å². The third-order valence-electron chi connectivity index (χ3n) is 4.16. The van der Waals surface area contributed by atoms with Gasteiger partial charge in [-0.3, -0.25) is 5.43 Å². The summed E-state index contributed by atoms with van der Waals surface area (Å²) in [7, 11) is 0. The number of hydroxylamine groups is 1. The second-order valence-corrected chi connectivity index (χ2v) is 6.91. The monoisotopic (exact) mass is 385 g/mol. The maximum absolute atomic E-state index is 12.4. The molecule has 0 amide bonds. The number of nitrogens with two attached hydrogens (primary N) is 1. The summed E-state index contributed by atoms with van der Waals surface area (Å²) in [6.45, 7) is 3.40. The zero-order chi connectivity index (χ0) is 19.6. The number of anilines is 1. The van der Waals surface area contributed by atoms with E-state index in [0.29, 0.717) is 17.1 Å². The molecule has 1 aliphatic rings. The van der Waals surface area contributed by atoms with Gasteiger partial charge in [-0.25, -0.2) is 0 Å². The van der Waals surface area contributed by atoms with Gasteiger partial charge in [-0.2, -0.15) is 5.10 Å². The van der Waals surface area contributed by atoms with Crippen LogP contribution in [0.3, 0.4) is 0 Å². The molecule has 1 aliphatic heterocycles. The van der Waals surface area contributed by atoms with Gasteiger partial charge in [0.1, 0.15) is 18.0 Å². The van der Waals surface area contributed by atoms with Gasteiger partial charge in [0, 0.05) is 30.4 Å². The highest BCUT2D eigenvalue weighted by atomic mass is 32.1. The standard InChI is InChI=1S/C18H19N5O3S/c1-18(2)22(24)14-8-7-12(9-15(14)23(18)25)11-26-16-6-4-3-5-13(16)10-20-21-17(19)27/h3-10H,11H2,1-2H3,(H3,19,21,27)/b20-10-. The van der Waals surface area contributed by atoms with Crippen molar-refractivity contribution in [2.75, 3.05) is 5.06 Å². The number of hydrogen-bond donors (Lipinski definition) is 2. The Kier molecular flexibility index (Phi) is 5.06. The van der Waals surface area contributed by atoms with E-state index in [1.807, 2.05) is 18.2 Å². The second kappa shape index (κ2) is 7.29. The highest BCUT2D eigenvalue weighted by molar-refractivity contribution is 7.80. The number of nitrogens with one attached hydrogen (secondary N) is 1. The molecule has 0 saturated carbocycles. The number of fused-ring (bicyclic) bond motifs is 1. The molecule has 0 atom stereocenters. The summed E-state index contributed by atoms with van der Waals surface area (Å²) in [6.07, 6.45) is 1.55. The topological polar surface area (TPSA) is 106 Å². The van der Waals surface area contributed by atoms with Crippen LogP contribution in [0.15, 0.2) is 47.6 Å². The van der Waals surface area contributed by atoms with Crippen LogP contribution in [-0.4, -0.2) is 21.7 Å². The minimum Gasteiger partial charge on any atom is -0.753 e. The van der Waals surface area contributed by atoms with E-state index in [4.69, 9.17) is 22.7 Å². The van der Waals surface area contributed by atoms with Crippen molar-refractivity contribution in [3.8, 4) is 5.75 Å². The van der Waals surface area contributed by atoms with Gasteiger partial charge in [0.2, 0.25) is 0 Å². The number of para-hydroxylation sites is 1. The highest BCUT2D eigenvalue weighted by Crippen LogP contribution is 2.43. The van der Waals surface area contributed by atoms with Crippen LogP contribution in [0.5, 0.6) is 5.75 Å². The Labute approximate surface area is 161 Å². The smallest absolute Gasteiger partial charge is 0.281 e. The molecule has 0 saturated heterocycles. The van der Waals surface area contributed by atoms with Crippen molar-refractivity contribution in [1.29, 1.82) is 0 Å². The summed E-state index contributed by atoms with van der Waals surface area (Å²) in [6, 6.07) is 12.4. The van der Waals surface area contributed by atoms with Crippen molar-refractivity contribution in [1.82, 2.24) is 5.43 Å². The van der Waals surface area contributed by atoms with Crippen molar-refractivity contribution in [3.05, 3.63) is 63.7 Å². The van der Waals surface area contributed by atoms with E-state index in [1.54, 1.807) is 44.3 Å². The molecule has 140 valence electrons. The summed E-state index contributed by atoms with van der Waals surface area (Å²) in [5.74, 6) is 0.608. The minimum atomic E-state index is -1.17. The quantitative estimate of drug-likeness (QED) is 0.353. The van der Waals surface area contributed by atoms with Crippen LogP contribution in [0, 0.1) is 10.1 Å². The van der Waals surface area contributed by atoms with Gasteiger partial charge in [-0.15, -0.1) is 0 Å². The Morgan fingerprint density at radius 1 is 1.41 bits per heavy atom. The molecule has 0 radical (unpaired) electrons. The molecule has 3 N–H and O–H groups in total. The van der Waals surface area contributed by atoms with E-state index in [-0.39, 0.29) is 11.7 Å². The van der Waals surface area contributed by atoms with Crippen LogP contribution < -0.4 is 21.0 Å². The highest BCUT2D eigenvalue weighted by Gasteiger charge is 2.48. The zero-order valence-electron chi connectivity index (χ0n) is 14.9. The molecule has 0 fully saturated rings. The molecule has 0 spiro atoms. The maximum Gasteiger partial charge on any atom is 0.281 e. The van der Waals surface area contributed by atoms with E-state index in [0.717, 1.165) is 21.0 Å². The van der Waals surface area contributed by atoms with E-state index in [1.165, 1.54) is 0 Å². The fourth-order valence-electron chi connectivity index (χ4n) is 2.71. The summed E-state index contributed by atoms with van der Waals surface area (Å²) in [4.78, 5) is 12.2. The summed E-state index contributed by atoms with van der Waals surface area (Å²) < 4.78 is 6.58. The molecule has 8 nitrogen and oxygen atoms in total. The van der Waals surface area contributed by atoms with Gasteiger partial charge in [0.05, 0.1) is 11.0 Å². The molecule has 27 heavy (non-hydrogen) atoms. The molecule has 3 rings (SSSR count). The Hall–Kier alpha value is -3.04. The van der Waals surface area contributed by atoms with Crippen LogP contribution in [0.25, 0.3) is 0 Å². The van der Waals surface area contributed by atoms with Crippen LogP contribution >= 0.6 is 12.2 Å². The Morgan fingerprint density at radius 2 is 2.15 bits per heavy atom. The number of nitrogens with zero attached hydrogens (tertiary/aromatic N) is 3. The Bertz CT molecular complexity index is 929. The molecule has 1 heterocycles. The van der Waals surface area contributed by atoms with Gasteiger partial charge in [-0.05, 0) is 42.0 Å². The van der Waals surface area contributed by atoms with Crippen molar-refractivity contribution in [2.45, 2.75) is 26.1 Å². The zero-order valence-corrected chi connectivity index (χ0v) is 15.7. The fourth-order valence-corrected chi connectivity index (χ4v) is 2.76. The first-order valence-corrected chi connectivity index (χ1v) is 8.59. The van der Waals surface area contributed by atoms with Crippen molar-refractivity contribution >= 4 is 34.9 Å². The Balaban J connectivity index is 1.76. The van der Waals surface area contributed by atoms with Gasteiger partial charge in [-0.1, -0.05) is 12.1 Å². The lowest BCUT2D eigenvalue weighted by Crippen LogP contribution is -2.41. The third kappa shape index (κ3) is 3.74. The van der Waals surface area contributed by atoms with Crippen molar-refractivity contribution in [2.24, 2.45) is 10.8 Å². The van der Waals surface area contributed by atoms with Crippen LogP contribution in [0.4, 0.5) is 11.4 Å². The first-order valence-electron chi connectivity index (χ1n) is 8.18. The first-order chi connectivity index (χ1) is 12.8. The van der Waals surface area contributed by atoms with Gasteiger partial charge < -0.3 is 20.7 Å². The molecular formula is C18H19N5O3S. The van der Waals surface area contributed by atoms with Crippen molar-refractivity contribution < 1.29 is 9.50 Å². The molecule has 2 aromatic rings. The molecule has 0 unspecified atom stereocenters. The maximum atomic E-state index is 12.4. The van der Waals surface area contributed by atoms with Gasteiger partial charge in [0.15, 0.2) is 5.11 Å². The SMILES string of the molecule is CC1(C)N([O-])c2cc(COc3ccccc3/C=N\NC(N)=S)ccc2[N+]1=O. The van der Waals surface area contributed by atoms with Gasteiger partial charge >= 0.3 is 0 Å². The number of thiocarbonyl (C=S) groups is 1. The lowest BCUT2D eigenvalue weighted by Gasteiger charge is -2.30. The predicted octanol–water partition coefficient (Wildman–Crippen LogP) is 2.90. The Morgan fingerprint density at radius 3 is 2.89 bits per heavy atom. The number of benzene rings is 2. The number of hydrazone groups is 1. The fraction of sp³-hybridized carbons (Fsp3) is 0.222. The number of ether oxygens (including phenoxy) is 1. The first kappa shape index (κ1) is 18.7. The molecule has 0 aliphatic carbocycles. The van der Waals surface area contributed by atoms with E-state index in [9.17, 15) is 10.1 Å². The average molecular weight is 385 g/mol. The van der Waals surface area contributed by atoms with Crippen LogP contribution in [-0.2, 0) is 6.61 Å². The lowest BCUT2D eigenvalue weighted by atomic mass is 10.2. The predicted molar refractivity (Wildman–Crippen MR) is 108 cm³/mol. The van der Waals surface area contributed by atoms with E-state index >= 15 is 0 Å². The lowest BCUT2D eigenvalue weighted by molar-refractivity contribution is -0.532. The van der Waals surface area contributed by atoms with Crippen LogP contribution in [0.2, 0.25) is 0 Å². The summed E-state index contributed by atoms with van der Waals surface area (Å²) >= 11 is 4.70. The largest absolute Gasteiger partial charge is 0.753 e. The molecule has 9 heteroatoms. The minimum absolute atomic E-state index is 0.0697. The molecular weight excluding hydrogens is 366 g/mol. The number of rotatable bonds is 5. The summed E-state index contributed by atoms with van der Waals surface area (Å²) in [5.41, 5.74) is 8.86. The van der Waals surface area contributed by atoms with Gasteiger partial charge in [0.25, 0.3) is 11.4 Å². The molecule has 2 aromatic carbocycles. The number of nitroso groups, excluding NO2 is 1. The number of hydrogen-bond acceptors (Lipinski definition) is 6. The van der Waals surface area contributed by atoms with E-state index in [2.05, 4.69) is 10.5 Å². The van der Waals surface area contributed by atoms with Crippen LogP contribution in [0.1, 0.15) is 25.0 Å². The third-order valence-corrected chi connectivity index (χ3v) is 4.25. The van der Waals surface area contributed by atoms with Crippen molar-refractivity contribution in [3.63, 3.8) is 0 Å².